The lowest BCUT2D eigenvalue weighted by Gasteiger charge is -2.23. The first-order valence-corrected chi connectivity index (χ1v) is 5.91. The fourth-order valence-electron chi connectivity index (χ4n) is 1.81. The standard InChI is InChI=1S/C13H17N3O2/c1-9(8-17)16(2)12(18)6-10-7-15-13-11(10)4-3-5-14-13/h3-5,7,9,17H,6,8H2,1-2H3,(H,14,15). The Morgan fingerprint density at radius 3 is 3.11 bits per heavy atom. The minimum atomic E-state index is -0.166. The maximum Gasteiger partial charge on any atom is 0.227 e. The van der Waals surface area contributed by atoms with Gasteiger partial charge < -0.3 is 15.0 Å². The van der Waals surface area contributed by atoms with E-state index < -0.39 is 0 Å². The van der Waals surface area contributed by atoms with Crippen LogP contribution in [0.4, 0.5) is 0 Å². The quantitative estimate of drug-likeness (QED) is 0.845. The number of pyridine rings is 1. The average molecular weight is 247 g/mol. The Labute approximate surface area is 105 Å². The molecular formula is C13H17N3O2. The van der Waals surface area contributed by atoms with Crippen LogP contribution in [0, 0.1) is 0 Å². The molecule has 0 saturated carbocycles. The Morgan fingerprint density at radius 2 is 2.39 bits per heavy atom. The fraction of sp³-hybridized carbons (Fsp3) is 0.385. The normalized spacial score (nSPS) is 12.6. The molecule has 1 unspecified atom stereocenters. The van der Waals surface area contributed by atoms with Crippen LogP contribution in [-0.2, 0) is 11.2 Å². The first-order valence-electron chi connectivity index (χ1n) is 5.91. The summed E-state index contributed by atoms with van der Waals surface area (Å²) in [6.07, 6.45) is 3.84. The molecule has 2 heterocycles. The molecule has 0 aliphatic rings. The molecule has 1 amide bonds. The minimum absolute atomic E-state index is 0.0127. The lowest BCUT2D eigenvalue weighted by molar-refractivity contribution is -0.131. The highest BCUT2D eigenvalue weighted by atomic mass is 16.3. The van der Waals surface area contributed by atoms with Crippen molar-refractivity contribution in [3.8, 4) is 0 Å². The van der Waals surface area contributed by atoms with Crippen LogP contribution in [0.5, 0.6) is 0 Å². The van der Waals surface area contributed by atoms with E-state index in [0.717, 1.165) is 16.6 Å². The van der Waals surface area contributed by atoms with Gasteiger partial charge in [-0.25, -0.2) is 4.98 Å². The van der Waals surface area contributed by atoms with Crippen molar-refractivity contribution in [3.63, 3.8) is 0 Å². The molecule has 0 bridgehead atoms. The number of aromatic nitrogens is 2. The van der Waals surface area contributed by atoms with Crippen LogP contribution in [0.15, 0.2) is 24.5 Å². The molecule has 1 atom stereocenters. The van der Waals surface area contributed by atoms with E-state index in [1.807, 2.05) is 25.3 Å². The number of aliphatic hydroxyl groups excluding tert-OH is 1. The van der Waals surface area contributed by atoms with Crippen LogP contribution < -0.4 is 0 Å². The van der Waals surface area contributed by atoms with Gasteiger partial charge in [-0.3, -0.25) is 4.79 Å². The van der Waals surface area contributed by atoms with Gasteiger partial charge in [-0.15, -0.1) is 0 Å². The van der Waals surface area contributed by atoms with E-state index in [1.54, 1.807) is 18.1 Å². The van der Waals surface area contributed by atoms with Crippen molar-refractivity contribution in [1.29, 1.82) is 0 Å². The Hall–Kier alpha value is -1.88. The summed E-state index contributed by atoms with van der Waals surface area (Å²) in [5.74, 6) is -0.0127. The third kappa shape index (κ3) is 2.36. The van der Waals surface area contributed by atoms with Gasteiger partial charge in [0.15, 0.2) is 0 Å². The van der Waals surface area contributed by atoms with Gasteiger partial charge in [-0.05, 0) is 24.6 Å². The van der Waals surface area contributed by atoms with E-state index >= 15 is 0 Å². The van der Waals surface area contributed by atoms with Gasteiger partial charge in [-0.1, -0.05) is 0 Å². The van der Waals surface area contributed by atoms with Gasteiger partial charge in [0.05, 0.1) is 19.1 Å². The molecule has 0 aromatic carbocycles. The predicted octanol–water partition coefficient (Wildman–Crippen LogP) is 0.945. The van der Waals surface area contributed by atoms with Crippen molar-refractivity contribution in [2.45, 2.75) is 19.4 Å². The topological polar surface area (TPSA) is 69.2 Å². The number of hydrogen-bond donors (Lipinski definition) is 2. The van der Waals surface area contributed by atoms with E-state index in [0.29, 0.717) is 6.42 Å². The maximum atomic E-state index is 12.0. The molecule has 2 N–H and O–H groups in total. The van der Waals surface area contributed by atoms with Crippen molar-refractivity contribution in [2.24, 2.45) is 0 Å². The number of nitrogens with one attached hydrogen (secondary N) is 1. The number of aliphatic hydroxyl groups is 1. The van der Waals surface area contributed by atoms with Gasteiger partial charge in [0.1, 0.15) is 5.65 Å². The van der Waals surface area contributed by atoms with Gasteiger partial charge >= 0.3 is 0 Å². The number of rotatable bonds is 4. The Bertz CT molecular complexity index is 550. The zero-order chi connectivity index (χ0) is 13.1. The van der Waals surface area contributed by atoms with Crippen LogP contribution in [0.25, 0.3) is 11.0 Å². The Morgan fingerprint density at radius 1 is 1.61 bits per heavy atom. The molecule has 0 aliphatic heterocycles. The highest BCUT2D eigenvalue weighted by Crippen LogP contribution is 2.16. The molecule has 0 aliphatic carbocycles. The number of H-pyrrole nitrogens is 1. The number of aromatic amines is 1. The lowest BCUT2D eigenvalue weighted by Crippen LogP contribution is -2.38. The predicted molar refractivity (Wildman–Crippen MR) is 69.1 cm³/mol. The Balaban J connectivity index is 2.16. The second-order valence-corrected chi connectivity index (χ2v) is 4.43. The second kappa shape index (κ2) is 5.18. The van der Waals surface area contributed by atoms with Gasteiger partial charge in [0.25, 0.3) is 0 Å². The monoisotopic (exact) mass is 247 g/mol. The first-order chi connectivity index (χ1) is 8.63. The van der Waals surface area contributed by atoms with Crippen molar-refractivity contribution in [1.82, 2.24) is 14.9 Å². The third-order valence-electron chi connectivity index (χ3n) is 3.20. The molecule has 0 fully saturated rings. The number of fused-ring (bicyclic) bond motifs is 1. The van der Waals surface area contributed by atoms with E-state index in [9.17, 15) is 4.79 Å². The van der Waals surface area contributed by atoms with Gasteiger partial charge in [-0.2, -0.15) is 0 Å². The molecule has 2 aromatic heterocycles. The van der Waals surface area contributed by atoms with Crippen LogP contribution in [0.1, 0.15) is 12.5 Å². The number of carbonyl (C=O) groups is 1. The van der Waals surface area contributed by atoms with Gasteiger partial charge in [0.2, 0.25) is 5.91 Å². The largest absolute Gasteiger partial charge is 0.394 e. The summed E-state index contributed by atoms with van der Waals surface area (Å²) in [6, 6.07) is 3.63. The van der Waals surface area contributed by atoms with E-state index in [2.05, 4.69) is 9.97 Å². The zero-order valence-corrected chi connectivity index (χ0v) is 10.6. The molecule has 0 spiro atoms. The van der Waals surface area contributed by atoms with Crippen molar-refractivity contribution < 1.29 is 9.90 Å². The van der Waals surface area contributed by atoms with E-state index in [1.165, 1.54) is 0 Å². The smallest absolute Gasteiger partial charge is 0.227 e. The molecule has 0 saturated heterocycles. The maximum absolute atomic E-state index is 12.0. The number of nitrogens with zero attached hydrogens (tertiary/aromatic N) is 2. The van der Waals surface area contributed by atoms with Crippen LogP contribution in [-0.4, -0.2) is 45.6 Å². The van der Waals surface area contributed by atoms with Crippen LogP contribution >= 0.6 is 0 Å². The van der Waals surface area contributed by atoms with Crippen molar-refractivity contribution >= 4 is 16.9 Å². The molecule has 2 aromatic rings. The molecule has 5 nitrogen and oxygen atoms in total. The highest BCUT2D eigenvalue weighted by molar-refractivity contribution is 5.87. The van der Waals surface area contributed by atoms with E-state index in [-0.39, 0.29) is 18.6 Å². The molecule has 18 heavy (non-hydrogen) atoms. The number of likely N-dealkylation sites (N-methyl/N-ethyl adjacent to an activating group) is 1. The van der Waals surface area contributed by atoms with Crippen molar-refractivity contribution in [3.05, 3.63) is 30.1 Å². The summed E-state index contributed by atoms with van der Waals surface area (Å²) >= 11 is 0. The first kappa shape index (κ1) is 12.6. The van der Waals surface area contributed by atoms with Crippen LogP contribution in [0.3, 0.4) is 0 Å². The number of hydrogen-bond acceptors (Lipinski definition) is 3. The molecular weight excluding hydrogens is 230 g/mol. The van der Waals surface area contributed by atoms with Crippen molar-refractivity contribution in [2.75, 3.05) is 13.7 Å². The lowest BCUT2D eigenvalue weighted by atomic mass is 10.1. The van der Waals surface area contributed by atoms with Crippen LogP contribution in [0.2, 0.25) is 0 Å². The minimum Gasteiger partial charge on any atom is -0.394 e. The summed E-state index contributed by atoms with van der Waals surface area (Å²) in [4.78, 5) is 20.8. The zero-order valence-electron chi connectivity index (χ0n) is 10.6. The summed E-state index contributed by atoms with van der Waals surface area (Å²) in [7, 11) is 1.70. The number of carbonyl (C=O) groups excluding carboxylic acids is 1. The number of amides is 1. The van der Waals surface area contributed by atoms with E-state index in [4.69, 9.17) is 5.11 Å². The fourth-order valence-corrected chi connectivity index (χ4v) is 1.81. The summed E-state index contributed by atoms with van der Waals surface area (Å²) < 4.78 is 0. The molecule has 5 heteroatoms. The summed E-state index contributed by atoms with van der Waals surface area (Å²) in [6.45, 7) is 1.78. The highest BCUT2D eigenvalue weighted by Gasteiger charge is 2.16. The average Bonchev–Trinajstić information content (AvgIpc) is 2.80. The molecule has 96 valence electrons. The van der Waals surface area contributed by atoms with Gasteiger partial charge in [0, 0.05) is 24.8 Å². The molecule has 2 rings (SSSR count). The second-order valence-electron chi connectivity index (χ2n) is 4.43. The summed E-state index contributed by atoms with van der Waals surface area (Å²) in [5, 5.41) is 10.0. The SMILES string of the molecule is CC(CO)N(C)C(=O)Cc1c[nH]c2ncccc12. The third-order valence-corrected chi connectivity index (χ3v) is 3.20. The summed E-state index contributed by atoms with van der Waals surface area (Å²) in [5.41, 5.74) is 1.72. The molecule has 0 radical (unpaired) electrons. The Kier molecular flexibility index (Phi) is 3.62.